The Morgan fingerprint density at radius 1 is 0.762 bits per heavy atom. The Kier molecular flexibility index (Phi) is 15.3. The Morgan fingerprint density at radius 3 is 1.62 bits per heavy atom. The highest BCUT2D eigenvalue weighted by Crippen LogP contribution is 1.99. The number of carbonyl (C=O) groups is 1. The van der Waals surface area contributed by atoms with Gasteiger partial charge in [-0.2, -0.15) is 0 Å². The van der Waals surface area contributed by atoms with Crippen molar-refractivity contribution in [1.82, 2.24) is 0 Å². The van der Waals surface area contributed by atoms with Gasteiger partial charge in [-0.05, 0) is 38.5 Å². The summed E-state index contributed by atoms with van der Waals surface area (Å²) in [5.74, 6) is -0.713. The van der Waals surface area contributed by atoms with Crippen LogP contribution in [0, 0.1) is 0 Å². The number of unbranched alkanes of at least 4 members (excludes halogenated alkanes) is 3. The molecule has 0 bridgehead atoms. The maximum Gasteiger partial charge on any atom is 0.303 e. The van der Waals surface area contributed by atoms with Gasteiger partial charge in [-0.1, -0.05) is 68.4 Å². The number of hydrogen-bond acceptors (Lipinski definition) is 1. The molecule has 1 N–H and O–H groups in total. The van der Waals surface area contributed by atoms with E-state index in [1.54, 1.807) is 0 Å². The summed E-state index contributed by atoms with van der Waals surface area (Å²) in [5, 5.41) is 8.48. The lowest BCUT2D eigenvalue weighted by atomic mass is 10.2. The maximum atomic E-state index is 10.3. The molecule has 0 aromatic rings. The standard InChI is InChI=1S/C19H30O2/c1-2-3-4-5-6-7-8-9-10-11-12-13-14-15-16-17-18-19(20)21/h5-6,8-9,11-12,14-15H,2-4,7,10,13,16-18H2,1H3,(H,20,21)/b6-5?,9-8?,12-11?,15-14-. The van der Waals surface area contributed by atoms with Crippen molar-refractivity contribution < 1.29 is 9.90 Å². The van der Waals surface area contributed by atoms with E-state index < -0.39 is 5.97 Å². The van der Waals surface area contributed by atoms with E-state index in [0.717, 1.165) is 32.1 Å². The molecule has 0 aliphatic rings. The highest BCUT2D eigenvalue weighted by atomic mass is 16.4. The lowest BCUT2D eigenvalue weighted by molar-refractivity contribution is -0.137. The zero-order chi connectivity index (χ0) is 15.6. The van der Waals surface area contributed by atoms with Crippen molar-refractivity contribution in [3.05, 3.63) is 48.6 Å². The average Bonchev–Trinajstić information content (AvgIpc) is 2.46. The van der Waals surface area contributed by atoms with E-state index in [0.29, 0.717) is 0 Å². The third kappa shape index (κ3) is 18.4. The molecule has 2 heteroatoms. The summed E-state index contributed by atoms with van der Waals surface area (Å²) in [6.45, 7) is 2.21. The number of aliphatic carboxylic acids is 1. The third-order valence-electron chi connectivity index (χ3n) is 2.97. The molecular weight excluding hydrogens is 260 g/mol. The van der Waals surface area contributed by atoms with Crippen molar-refractivity contribution in [2.75, 3.05) is 0 Å². The first kappa shape index (κ1) is 19.4. The van der Waals surface area contributed by atoms with Crippen LogP contribution in [0.15, 0.2) is 48.6 Å². The predicted octanol–water partition coefficient (Wildman–Crippen LogP) is 5.83. The second-order valence-electron chi connectivity index (χ2n) is 5.02. The molecule has 0 heterocycles. The van der Waals surface area contributed by atoms with Crippen molar-refractivity contribution in [2.45, 2.75) is 64.7 Å². The zero-order valence-corrected chi connectivity index (χ0v) is 13.3. The second-order valence-corrected chi connectivity index (χ2v) is 5.02. The Labute approximate surface area is 130 Å². The summed E-state index contributed by atoms with van der Waals surface area (Å²) in [4.78, 5) is 10.3. The molecule has 2 nitrogen and oxygen atoms in total. The fraction of sp³-hybridized carbons (Fsp3) is 0.526. The van der Waals surface area contributed by atoms with Crippen LogP contribution in [0.1, 0.15) is 64.7 Å². The van der Waals surface area contributed by atoms with Crippen LogP contribution in [0.5, 0.6) is 0 Å². The van der Waals surface area contributed by atoms with E-state index in [4.69, 9.17) is 5.11 Å². The Hall–Kier alpha value is -1.57. The van der Waals surface area contributed by atoms with Crippen LogP contribution in [0.4, 0.5) is 0 Å². The van der Waals surface area contributed by atoms with Crippen LogP contribution < -0.4 is 0 Å². The quantitative estimate of drug-likeness (QED) is 0.342. The largest absolute Gasteiger partial charge is 0.481 e. The van der Waals surface area contributed by atoms with Gasteiger partial charge in [0.25, 0.3) is 0 Å². The summed E-state index contributed by atoms with van der Waals surface area (Å²) >= 11 is 0. The van der Waals surface area contributed by atoms with Crippen LogP contribution in [0.3, 0.4) is 0 Å². The summed E-state index contributed by atoms with van der Waals surface area (Å²) in [5.41, 5.74) is 0. The molecular formula is C19H30O2. The number of allylic oxidation sites excluding steroid dienone is 8. The lowest BCUT2D eigenvalue weighted by Crippen LogP contribution is -1.92. The van der Waals surface area contributed by atoms with E-state index in [1.807, 2.05) is 0 Å². The first-order valence-corrected chi connectivity index (χ1v) is 8.09. The highest BCUT2D eigenvalue weighted by molar-refractivity contribution is 5.66. The summed E-state index contributed by atoms with van der Waals surface area (Å²) in [6.07, 6.45) is 25.9. The van der Waals surface area contributed by atoms with Crippen LogP contribution in [0.2, 0.25) is 0 Å². The van der Waals surface area contributed by atoms with Crippen molar-refractivity contribution in [1.29, 1.82) is 0 Å². The minimum absolute atomic E-state index is 0.262. The molecule has 0 aliphatic carbocycles. The monoisotopic (exact) mass is 290 g/mol. The van der Waals surface area contributed by atoms with Gasteiger partial charge in [0.2, 0.25) is 0 Å². The van der Waals surface area contributed by atoms with Gasteiger partial charge in [0.1, 0.15) is 0 Å². The van der Waals surface area contributed by atoms with Crippen molar-refractivity contribution >= 4 is 5.97 Å². The molecule has 118 valence electrons. The van der Waals surface area contributed by atoms with Gasteiger partial charge in [-0.3, -0.25) is 4.79 Å². The van der Waals surface area contributed by atoms with Gasteiger partial charge >= 0.3 is 5.97 Å². The third-order valence-corrected chi connectivity index (χ3v) is 2.97. The number of carboxylic acid groups (broad SMARTS) is 1. The summed E-state index contributed by atoms with van der Waals surface area (Å²) < 4.78 is 0. The molecule has 0 fully saturated rings. The Bertz CT molecular complexity index is 349. The second kappa shape index (κ2) is 16.5. The normalized spacial score (nSPS) is 12.4. The predicted molar refractivity (Wildman–Crippen MR) is 91.4 cm³/mol. The molecule has 0 unspecified atom stereocenters. The average molecular weight is 290 g/mol. The molecule has 0 spiro atoms. The van der Waals surface area contributed by atoms with Gasteiger partial charge in [0, 0.05) is 6.42 Å². The Morgan fingerprint density at radius 2 is 1.19 bits per heavy atom. The van der Waals surface area contributed by atoms with E-state index in [2.05, 4.69) is 55.5 Å². The fourth-order valence-electron chi connectivity index (χ4n) is 1.74. The molecule has 0 radical (unpaired) electrons. The van der Waals surface area contributed by atoms with Crippen molar-refractivity contribution in [3.63, 3.8) is 0 Å². The van der Waals surface area contributed by atoms with E-state index in [-0.39, 0.29) is 6.42 Å². The molecule has 0 rings (SSSR count). The molecule has 0 aromatic carbocycles. The molecule has 0 atom stereocenters. The van der Waals surface area contributed by atoms with Crippen molar-refractivity contribution in [3.8, 4) is 0 Å². The van der Waals surface area contributed by atoms with Gasteiger partial charge in [0.15, 0.2) is 0 Å². The number of hydrogen-bond donors (Lipinski definition) is 1. The van der Waals surface area contributed by atoms with Crippen LogP contribution >= 0.6 is 0 Å². The van der Waals surface area contributed by atoms with E-state index in [1.165, 1.54) is 19.3 Å². The van der Waals surface area contributed by atoms with Gasteiger partial charge < -0.3 is 5.11 Å². The molecule has 0 saturated carbocycles. The van der Waals surface area contributed by atoms with Gasteiger partial charge in [0.05, 0.1) is 0 Å². The fourth-order valence-corrected chi connectivity index (χ4v) is 1.74. The van der Waals surface area contributed by atoms with Gasteiger partial charge in [-0.15, -0.1) is 0 Å². The topological polar surface area (TPSA) is 37.3 Å². The molecule has 0 saturated heterocycles. The van der Waals surface area contributed by atoms with Crippen LogP contribution in [0.25, 0.3) is 0 Å². The molecule has 21 heavy (non-hydrogen) atoms. The van der Waals surface area contributed by atoms with Gasteiger partial charge in [-0.25, -0.2) is 0 Å². The highest BCUT2D eigenvalue weighted by Gasteiger charge is 1.92. The SMILES string of the molecule is CCCCC=CCC=CCC=CC/C=C\CCCC(=O)O. The molecule has 0 aromatic heterocycles. The van der Waals surface area contributed by atoms with E-state index in [9.17, 15) is 4.79 Å². The summed E-state index contributed by atoms with van der Waals surface area (Å²) in [7, 11) is 0. The lowest BCUT2D eigenvalue weighted by Gasteiger charge is -1.90. The minimum atomic E-state index is -0.713. The van der Waals surface area contributed by atoms with Crippen molar-refractivity contribution in [2.24, 2.45) is 0 Å². The Balaban J connectivity index is 3.41. The zero-order valence-electron chi connectivity index (χ0n) is 13.3. The first-order valence-electron chi connectivity index (χ1n) is 8.09. The van der Waals surface area contributed by atoms with E-state index >= 15 is 0 Å². The van der Waals surface area contributed by atoms with Crippen LogP contribution in [-0.4, -0.2) is 11.1 Å². The summed E-state index contributed by atoms with van der Waals surface area (Å²) in [6, 6.07) is 0. The van der Waals surface area contributed by atoms with Crippen LogP contribution in [-0.2, 0) is 4.79 Å². The number of rotatable bonds is 13. The minimum Gasteiger partial charge on any atom is -0.481 e. The number of carboxylic acids is 1. The maximum absolute atomic E-state index is 10.3. The molecule has 0 aliphatic heterocycles. The smallest absolute Gasteiger partial charge is 0.303 e. The molecule has 0 amide bonds. The first-order chi connectivity index (χ1) is 10.3.